The Balaban J connectivity index is 0.000000148. The van der Waals surface area contributed by atoms with Crippen molar-refractivity contribution in [3.05, 3.63) is 125 Å². The van der Waals surface area contributed by atoms with Crippen molar-refractivity contribution in [2.75, 3.05) is 20.1 Å². The average molecular weight is 832 g/mol. The maximum absolute atomic E-state index is 14.0. The number of carboxylic acids is 2. The van der Waals surface area contributed by atoms with E-state index in [0.29, 0.717) is 17.7 Å². The Morgan fingerprint density at radius 3 is 2.05 bits per heavy atom. The molecule has 314 valence electrons. The largest absolute Gasteiger partial charge is 0.504 e. The zero-order chi connectivity index (χ0) is 43.0. The topological polar surface area (TPSA) is 158 Å². The van der Waals surface area contributed by atoms with Crippen molar-refractivity contribution in [2.24, 2.45) is 27.6 Å². The highest BCUT2D eigenvalue weighted by Gasteiger charge is 2.87. The van der Waals surface area contributed by atoms with E-state index in [2.05, 4.69) is 74.3 Å². The Labute approximate surface area is 355 Å². The van der Waals surface area contributed by atoms with Gasteiger partial charge in [0, 0.05) is 45.9 Å². The van der Waals surface area contributed by atoms with Crippen LogP contribution in [-0.4, -0.2) is 75.6 Å². The Bertz CT molecular complexity index is 2330. The number of likely N-dealkylation sites (tertiary alicyclic amines) is 1. The van der Waals surface area contributed by atoms with Crippen LogP contribution < -0.4 is 0 Å². The molecule has 3 N–H and O–H groups in total. The standard InChI is InChI=1S/C26H30O5.C19H19NS.C4H4O4/c1-22(2)17(27)7-9-23(3)16-6-10-24(4)15(14-8-11-30-13-14)12-18-26(24,31-18)25(16,5)21(29)19(28)20(22)23;1-20-12-10-14(11-13-20)19-15-6-2-4-8-17(15)21-18-9-5-3-7-16(18)19;5-3(6)1-2-4(7)8/h7-9,11,13,15-16,18,28H,6,10,12H2,1-5H3;2-9H,10-13H2,1H3;1-2H,(H,5,6)(H,7,8). The molecule has 11 heteroatoms. The molecule has 0 radical (unpaired) electrons. The molecule has 4 fully saturated rings. The van der Waals surface area contributed by atoms with Gasteiger partial charge in [0.15, 0.2) is 11.5 Å². The summed E-state index contributed by atoms with van der Waals surface area (Å²) >= 11 is 1.91. The third-order valence-corrected chi connectivity index (χ3v) is 16.2. The first kappa shape index (κ1) is 41.8. The monoisotopic (exact) mass is 831 g/mol. The van der Waals surface area contributed by atoms with Gasteiger partial charge in [-0.15, -0.1) is 0 Å². The molecule has 10 nitrogen and oxygen atoms in total. The molecular weight excluding hydrogens is 779 g/mol. The van der Waals surface area contributed by atoms with Gasteiger partial charge >= 0.3 is 11.9 Å². The van der Waals surface area contributed by atoms with Crippen LogP contribution in [0, 0.1) is 27.6 Å². The molecule has 2 aromatic carbocycles. The maximum atomic E-state index is 14.0. The molecule has 7 unspecified atom stereocenters. The number of allylic oxidation sites excluding steroid dienone is 4. The SMILES string of the molecule is CC1(C)C(=O)C=CC2(C)C1=C(O)C(=O)C1(C)C2CCC2(C)C(c3ccoc3)CC3OC321.CN1CCC(=C2c3ccccc3Sc3ccccc32)CC1.O=C(O)C=CC(=O)O. The van der Waals surface area contributed by atoms with Crippen molar-refractivity contribution in [3.63, 3.8) is 0 Å². The van der Waals surface area contributed by atoms with Gasteiger partial charge in [0.05, 0.1) is 29.5 Å². The molecule has 7 atom stereocenters. The fourth-order valence-electron chi connectivity index (χ4n) is 12.2. The second-order valence-corrected chi connectivity index (χ2v) is 19.5. The van der Waals surface area contributed by atoms with Crippen molar-refractivity contribution < 1.29 is 43.7 Å². The highest BCUT2D eigenvalue weighted by molar-refractivity contribution is 7.99. The lowest BCUT2D eigenvalue weighted by atomic mass is 9.39. The van der Waals surface area contributed by atoms with Crippen molar-refractivity contribution in [2.45, 2.75) is 94.1 Å². The van der Waals surface area contributed by atoms with E-state index in [1.165, 1.54) is 58.0 Å². The highest BCUT2D eigenvalue weighted by atomic mass is 32.2. The third-order valence-electron chi connectivity index (χ3n) is 15.0. The lowest BCUT2D eigenvalue weighted by Gasteiger charge is -2.62. The number of furan rings is 1. The van der Waals surface area contributed by atoms with Crippen LogP contribution >= 0.6 is 11.8 Å². The molecule has 60 heavy (non-hydrogen) atoms. The summed E-state index contributed by atoms with van der Waals surface area (Å²) < 4.78 is 11.9. The number of carboxylic acid groups (broad SMARTS) is 2. The minimum absolute atomic E-state index is 0.00527. The first-order valence-corrected chi connectivity index (χ1v) is 21.6. The van der Waals surface area contributed by atoms with Gasteiger partial charge in [-0.2, -0.15) is 0 Å². The van der Waals surface area contributed by atoms with Gasteiger partial charge in [-0.25, -0.2) is 9.59 Å². The van der Waals surface area contributed by atoms with Gasteiger partial charge in [0.25, 0.3) is 0 Å². The summed E-state index contributed by atoms with van der Waals surface area (Å²) in [5.74, 6) is -2.83. The molecule has 0 bridgehead atoms. The quantitative estimate of drug-likeness (QED) is 0.134. The first-order valence-electron chi connectivity index (χ1n) is 20.8. The van der Waals surface area contributed by atoms with Gasteiger partial charge in [-0.1, -0.05) is 73.7 Å². The van der Waals surface area contributed by atoms with E-state index in [1.54, 1.807) is 17.9 Å². The van der Waals surface area contributed by atoms with E-state index in [9.17, 15) is 24.3 Å². The number of Topliss-reactive ketones (excluding diaryl/α,β-unsaturated/α-hetero) is 1. The summed E-state index contributed by atoms with van der Waals surface area (Å²) in [4.78, 5) is 51.1. The van der Waals surface area contributed by atoms with Crippen LogP contribution in [0.4, 0.5) is 0 Å². The number of epoxide rings is 1. The molecule has 4 aliphatic carbocycles. The van der Waals surface area contributed by atoms with Crippen molar-refractivity contribution >= 4 is 40.8 Å². The molecule has 1 spiro atoms. The van der Waals surface area contributed by atoms with E-state index in [0.717, 1.165) is 19.3 Å². The molecule has 4 heterocycles. The van der Waals surface area contributed by atoms with Crippen LogP contribution in [0.2, 0.25) is 0 Å². The van der Waals surface area contributed by atoms with Crippen LogP contribution in [0.1, 0.15) is 89.3 Å². The van der Waals surface area contributed by atoms with Gasteiger partial charge in [-0.05, 0) is 124 Å². The van der Waals surface area contributed by atoms with Gasteiger partial charge < -0.3 is 29.4 Å². The van der Waals surface area contributed by atoms with E-state index < -0.39 is 33.8 Å². The summed E-state index contributed by atoms with van der Waals surface area (Å²) in [6.07, 6.45) is 13.3. The summed E-state index contributed by atoms with van der Waals surface area (Å²) in [5.41, 5.74) is 4.60. The van der Waals surface area contributed by atoms with E-state index in [4.69, 9.17) is 19.4 Å². The molecular formula is C49H53NO9S. The maximum Gasteiger partial charge on any atom is 0.328 e. The number of ether oxygens (including phenoxy) is 1. The average Bonchev–Trinajstić information content (AvgIpc) is 3.57. The van der Waals surface area contributed by atoms with Crippen molar-refractivity contribution in [1.29, 1.82) is 0 Å². The van der Waals surface area contributed by atoms with Gasteiger partial charge in [0.1, 0.15) is 5.60 Å². The number of carbonyl (C=O) groups is 4. The number of rotatable bonds is 3. The number of carbonyl (C=O) groups excluding carboxylic acids is 2. The van der Waals surface area contributed by atoms with Gasteiger partial charge in [0.2, 0.25) is 5.78 Å². The van der Waals surface area contributed by atoms with E-state index in [1.807, 2.05) is 50.9 Å². The number of hydrogen-bond donors (Lipinski definition) is 3. The Hall–Kier alpha value is -4.97. The summed E-state index contributed by atoms with van der Waals surface area (Å²) in [7, 11) is 2.22. The Morgan fingerprint density at radius 2 is 1.48 bits per heavy atom. The fraction of sp³-hybridized carbons (Fsp3) is 0.429. The third kappa shape index (κ3) is 6.21. The normalized spacial score (nSPS) is 33.2. The zero-order valence-corrected chi connectivity index (χ0v) is 35.8. The van der Waals surface area contributed by atoms with E-state index >= 15 is 0 Å². The molecule has 2 saturated carbocycles. The number of aliphatic hydroxyl groups is 1. The lowest BCUT2D eigenvalue weighted by molar-refractivity contribution is -0.162. The van der Waals surface area contributed by atoms with Crippen molar-refractivity contribution in [1.82, 2.24) is 4.90 Å². The van der Waals surface area contributed by atoms with Gasteiger partial charge in [-0.3, -0.25) is 9.59 Å². The van der Waals surface area contributed by atoms with Crippen LogP contribution in [-0.2, 0) is 23.9 Å². The minimum Gasteiger partial charge on any atom is -0.504 e. The highest BCUT2D eigenvalue weighted by Crippen LogP contribution is 2.81. The summed E-state index contributed by atoms with van der Waals surface area (Å²) in [6, 6.07) is 19.8. The molecule has 3 aliphatic heterocycles. The lowest BCUT2D eigenvalue weighted by Crippen LogP contribution is -2.66. The number of fused-ring (bicyclic) bond motifs is 5. The number of benzene rings is 2. The van der Waals surface area contributed by atoms with Crippen LogP contribution in [0.15, 0.2) is 123 Å². The number of piperidine rings is 1. The van der Waals surface area contributed by atoms with Crippen molar-refractivity contribution in [3.8, 4) is 0 Å². The fourth-order valence-corrected chi connectivity index (χ4v) is 13.3. The molecule has 1 aromatic heterocycles. The summed E-state index contributed by atoms with van der Waals surface area (Å²) in [5, 5.41) is 27.0. The Morgan fingerprint density at radius 1 is 0.883 bits per heavy atom. The smallest absolute Gasteiger partial charge is 0.328 e. The second kappa shape index (κ2) is 14.9. The van der Waals surface area contributed by atoms with E-state index in [-0.39, 0.29) is 40.7 Å². The number of hydrogen-bond acceptors (Lipinski definition) is 9. The number of ketones is 2. The predicted octanol–water partition coefficient (Wildman–Crippen LogP) is 9.28. The van der Waals surface area contributed by atoms with Crippen LogP contribution in [0.3, 0.4) is 0 Å². The number of nitrogens with zero attached hydrogens (tertiary/aromatic N) is 1. The first-order chi connectivity index (χ1) is 28.4. The summed E-state index contributed by atoms with van der Waals surface area (Å²) in [6.45, 7) is 12.4. The Kier molecular flexibility index (Phi) is 10.4. The molecule has 2 saturated heterocycles. The molecule has 10 rings (SSSR count). The number of aliphatic carboxylic acids is 2. The molecule has 0 amide bonds. The predicted molar refractivity (Wildman–Crippen MR) is 227 cm³/mol. The minimum atomic E-state index is -1.26. The second-order valence-electron chi connectivity index (χ2n) is 18.4. The molecule has 7 aliphatic rings. The van der Waals surface area contributed by atoms with Crippen LogP contribution in [0.5, 0.6) is 0 Å². The van der Waals surface area contributed by atoms with Crippen LogP contribution in [0.25, 0.3) is 5.57 Å². The number of aliphatic hydroxyl groups excluding tert-OH is 1. The zero-order valence-electron chi connectivity index (χ0n) is 35.0. The molecule has 3 aromatic rings.